The predicted molar refractivity (Wildman–Crippen MR) is 72.0 cm³/mol. The zero-order chi connectivity index (χ0) is 14.5. The topological polar surface area (TPSA) is 67.4 Å². The van der Waals surface area contributed by atoms with Crippen LogP contribution >= 0.6 is 0 Å². The molecule has 108 valence electrons. The van der Waals surface area contributed by atoms with Crippen molar-refractivity contribution >= 4 is 17.6 Å². The highest BCUT2D eigenvalue weighted by Crippen LogP contribution is 2.17. The van der Waals surface area contributed by atoms with Crippen molar-refractivity contribution in [2.45, 2.75) is 25.3 Å². The van der Waals surface area contributed by atoms with Crippen LogP contribution in [0.25, 0.3) is 0 Å². The molecular weight excluding hydrogens is 263 g/mol. The Morgan fingerprint density at radius 2 is 2.30 bits per heavy atom. The van der Waals surface area contributed by atoms with Crippen LogP contribution in [-0.2, 0) is 9.53 Å². The van der Waals surface area contributed by atoms with Gasteiger partial charge >= 0.3 is 5.97 Å². The average Bonchev–Trinajstić information content (AvgIpc) is 2.92. The SMILES string of the molecule is COC(=O)c1cc(NC(=O)CC2CCCN2)ccc1F. The summed E-state index contributed by atoms with van der Waals surface area (Å²) in [6.07, 6.45) is 2.41. The van der Waals surface area contributed by atoms with E-state index in [0.29, 0.717) is 12.1 Å². The number of carbonyl (C=O) groups is 2. The van der Waals surface area contributed by atoms with Gasteiger partial charge in [-0.25, -0.2) is 9.18 Å². The van der Waals surface area contributed by atoms with Gasteiger partial charge < -0.3 is 15.4 Å². The Morgan fingerprint density at radius 3 is 2.95 bits per heavy atom. The number of hydrogen-bond acceptors (Lipinski definition) is 4. The third-order valence-corrected chi connectivity index (χ3v) is 3.25. The van der Waals surface area contributed by atoms with E-state index in [1.54, 1.807) is 0 Å². The number of hydrogen-bond donors (Lipinski definition) is 2. The van der Waals surface area contributed by atoms with Crippen molar-refractivity contribution in [2.75, 3.05) is 19.0 Å². The van der Waals surface area contributed by atoms with Gasteiger partial charge in [-0.3, -0.25) is 4.79 Å². The maximum absolute atomic E-state index is 13.4. The molecule has 0 saturated carbocycles. The van der Waals surface area contributed by atoms with Gasteiger partial charge in [0.15, 0.2) is 0 Å². The lowest BCUT2D eigenvalue weighted by Crippen LogP contribution is -2.27. The first-order valence-corrected chi connectivity index (χ1v) is 6.51. The average molecular weight is 280 g/mol. The van der Waals surface area contributed by atoms with Gasteiger partial charge in [-0.05, 0) is 37.6 Å². The van der Waals surface area contributed by atoms with E-state index in [1.165, 1.54) is 19.2 Å². The van der Waals surface area contributed by atoms with E-state index < -0.39 is 11.8 Å². The maximum atomic E-state index is 13.4. The summed E-state index contributed by atoms with van der Waals surface area (Å²) in [6, 6.07) is 4.02. The van der Waals surface area contributed by atoms with Crippen LogP contribution in [0.5, 0.6) is 0 Å². The monoisotopic (exact) mass is 280 g/mol. The van der Waals surface area contributed by atoms with E-state index in [1.807, 2.05) is 0 Å². The molecule has 1 aliphatic heterocycles. The molecule has 0 aromatic heterocycles. The fourth-order valence-corrected chi connectivity index (χ4v) is 2.24. The van der Waals surface area contributed by atoms with E-state index in [4.69, 9.17) is 0 Å². The minimum Gasteiger partial charge on any atom is -0.465 e. The van der Waals surface area contributed by atoms with E-state index in [0.717, 1.165) is 25.5 Å². The van der Waals surface area contributed by atoms with Crippen molar-refractivity contribution in [1.82, 2.24) is 5.32 Å². The Bertz CT molecular complexity index is 513. The highest BCUT2D eigenvalue weighted by Gasteiger charge is 2.18. The Balaban J connectivity index is 2.01. The molecular formula is C14H17FN2O3. The van der Waals surface area contributed by atoms with E-state index in [-0.39, 0.29) is 17.5 Å². The summed E-state index contributed by atoms with van der Waals surface area (Å²) in [5, 5.41) is 5.89. The van der Waals surface area contributed by atoms with Gasteiger partial charge in [0.25, 0.3) is 0 Å². The predicted octanol–water partition coefficient (Wildman–Crippen LogP) is 1.69. The highest BCUT2D eigenvalue weighted by molar-refractivity contribution is 5.94. The lowest BCUT2D eigenvalue weighted by atomic mass is 10.1. The summed E-state index contributed by atoms with van der Waals surface area (Å²) >= 11 is 0. The minimum absolute atomic E-state index is 0.160. The van der Waals surface area contributed by atoms with Crippen LogP contribution in [0, 0.1) is 5.82 Å². The molecule has 1 aromatic carbocycles. The number of carbonyl (C=O) groups excluding carboxylic acids is 2. The number of benzene rings is 1. The summed E-state index contributed by atoms with van der Waals surface area (Å²) < 4.78 is 17.9. The van der Waals surface area contributed by atoms with Gasteiger partial charge in [0.2, 0.25) is 5.91 Å². The standard InChI is InChI=1S/C14H17FN2O3/c1-20-14(19)11-7-10(4-5-12(11)15)17-13(18)8-9-3-2-6-16-9/h4-5,7,9,16H,2-3,6,8H2,1H3,(H,17,18). The normalized spacial score (nSPS) is 17.8. The quantitative estimate of drug-likeness (QED) is 0.824. The molecule has 1 atom stereocenters. The number of nitrogens with one attached hydrogen (secondary N) is 2. The summed E-state index contributed by atoms with van der Waals surface area (Å²) in [4.78, 5) is 23.2. The molecule has 1 unspecified atom stereocenters. The van der Waals surface area contributed by atoms with Crippen LogP contribution in [0.2, 0.25) is 0 Å². The molecule has 2 rings (SSSR count). The molecule has 0 radical (unpaired) electrons. The second kappa shape index (κ2) is 6.47. The van der Waals surface area contributed by atoms with Gasteiger partial charge in [0.1, 0.15) is 5.82 Å². The first-order valence-electron chi connectivity index (χ1n) is 6.51. The second-order valence-corrected chi connectivity index (χ2v) is 4.73. The van der Waals surface area contributed by atoms with E-state index in [2.05, 4.69) is 15.4 Å². The van der Waals surface area contributed by atoms with E-state index >= 15 is 0 Å². The molecule has 0 spiro atoms. The molecule has 0 bridgehead atoms. The van der Waals surface area contributed by atoms with Crippen molar-refractivity contribution in [3.63, 3.8) is 0 Å². The molecule has 6 heteroatoms. The second-order valence-electron chi connectivity index (χ2n) is 4.73. The van der Waals surface area contributed by atoms with Crippen LogP contribution in [-0.4, -0.2) is 31.6 Å². The lowest BCUT2D eigenvalue weighted by molar-refractivity contribution is -0.116. The molecule has 1 heterocycles. The van der Waals surface area contributed by atoms with Crippen molar-refractivity contribution in [3.8, 4) is 0 Å². The summed E-state index contributed by atoms with van der Waals surface area (Å²) in [7, 11) is 1.18. The Kier molecular flexibility index (Phi) is 4.68. The van der Waals surface area contributed by atoms with Gasteiger partial charge in [-0.1, -0.05) is 0 Å². The van der Waals surface area contributed by atoms with Crippen molar-refractivity contribution < 1.29 is 18.7 Å². The van der Waals surface area contributed by atoms with Crippen molar-refractivity contribution in [3.05, 3.63) is 29.6 Å². The van der Waals surface area contributed by atoms with Gasteiger partial charge in [-0.2, -0.15) is 0 Å². The fourth-order valence-electron chi connectivity index (χ4n) is 2.24. The molecule has 2 N–H and O–H groups in total. The summed E-state index contributed by atoms with van der Waals surface area (Å²) in [6.45, 7) is 0.932. The first kappa shape index (κ1) is 14.5. The molecule has 20 heavy (non-hydrogen) atoms. The Hall–Kier alpha value is -1.95. The molecule has 1 fully saturated rings. The Labute approximate surface area is 116 Å². The molecule has 1 saturated heterocycles. The number of methoxy groups -OCH3 is 1. The van der Waals surface area contributed by atoms with Crippen LogP contribution in [0.15, 0.2) is 18.2 Å². The summed E-state index contributed by atoms with van der Waals surface area (Å²) in [5.41, 5.74) is 0.194. The molecule has 5 nitrogen and oxygen atoms in total. The van der Waals surface area contributed by atoms with Crippen LogP contribution in [0.4, 0.5) is 10.1 Å². The van der Waals surface area contributed by atoms with Crippen LogP contribution in [0.1, 0.15) is 29.6 Å². The smallest absolute Gasteiger partial charge is 0.340 e. The number of esters is 1. The lowest BCUT2D eigenvalue weighted by Gasteiger charge is -2.11. The number of halogens is 1. The molecule has 1 aliphatic rings. The van der Waals surface area contributed by atoms with Gasteiger partial charge in [0, 0.05) is 18.2 Å². The minimum atomic E-state index is -0.768. The van der Waals surface area contributed by atoms with Gasteiger partial charge in [-0.15, -0.1) is 0 Å². The largest absolute Gasteiger partial charge is 0.465 e. The first-order chi connectivity index (χ1) is 9.60. The van der Waals surface area contributed by atoms with Crippen molar-refractivity contribution in [1.29, 1.82) is 0 Å². The van der Waals surface area contributed by atoms with Crippen molar-refractivity contribution in [2.24, 2.45) is 0 Å². The number of amides is 1. The molecule has 0 aliphatic carbocycles. The fraction of sp³-hybridized carbons (Fsp3) is 0.429. The zero-order valence-electron chi connectivity index (χ0n) is 11.2. The molecule has 1 aromatic rings. The third kappa shape index (κ3) is 3.54. The highest BCUT2D eigenvalue weighted by atomic mass is 19.1. The summed E-state index contributed by atoms with van der Waals surface area (Å²) in [5.74, 6) is -1.60. The van der Waals surface area contributed by atoms with E-state index in [9.17, 15) is 14.0 Å². The number of rotatable bonds is 4. The van der Waals surface area contributed by atoms with Crippen LogP contribution < -0.4 is 10.6 Å². The zero-order valence-corrected chi connectivity index (χ0v) is 11.2. The third-order valence-electron chi connectivity index (χ3n) is 3.25. The van der Waals surface area contributed by atoms with Crippen LogP contribution in [0.3, 0.4) is 0 Å². The number of anilines is 1. The Morgan fingerprint density at radius 1 is 1.50 bits per heavy atom. The number of ether oxygens (including phenoxy) is 1. The maximum Gasteiger partial charge on any atom is 0.340 e. The molecule has 1 amide bonds. The van der Waals surface area contributed by atoms with Gasteiger partial charge in [0.05, 0.1) is 12.7 Å².